The average molecular weight is 490 g/mol. The van der Waals surface area contributed by atoms with Crippen LogP contribution in [-0.4, -0.2) is 62.5 Å². The topological polar surface area (TPSA) is 119 Å². The van der Waals surface area contributed by atoms with Gasteiger partial charge >= 0.3 is 11.9 Å². The molecule has 1 aromatic carbocycles. The highest BCUT2D eigenvalue weighted by Gasteiger charge is 2.29. The van der Waals surface area contributed by atoms with Gasteiger partial charge in [-0.1, -0.05) is 25.1 Å². The van der Waals surface area contributed by atoms with Gasteiger partial charge in [0, 0.05) is 32.7 Å². The van der Waals surface area contributed by atoms with Crippen molar-refractivity contribution in [2.45, 2.75) is 39.4 Å². The van der Waals surface area contributed by atoms with Crippen molar-refractivity contribution in [2.24, 2.45) is 5.92 Å². The van der Waals surface area contributed by atoms with Crippen molar-refractivity contribution in [1.82, 2.24) is 4.98 Å². The molecule has 0 saturated heterocycles. The molecular weight excluding hydrogens is 458 g/mol. The Balaban J connectivity index is 2.06. The molecule has 190 valence electrons. The van der Waals surface area contributed by atoms with Gasteiger partial charge in [0.1, 0.15) is 11.9 Å². The van der Waals surface area contributed by atoms with Crippen LogP contribution in [0.15, 0.2) is 42.6 Å². The normalized spacial score (nSPS) is 13.2. The molecule has 0 bridgehead atoms. The zero-order chi connectivity index (χ0) is 25.8. The second-order valence-corrected chi connectivity index (χ2v) is 7.68. The average Bonchev–Trinajstić information content (AvgIpc) is 2.83. The summed E-state index contributed by atoms with van der Waals surface area (Å²) in [6.45, 7) is 4.27. The predicted octanol–water partition coefficient (Wildman–Crippen LogP) is 3.22. The largest absolute Gasteiger partial charge is 0.493 e. The Hall–Kier alpha value is -3.66. The Morgan fingerprint density at radius 2 is 1.74 bits per heavy atom. The van der Waals surface area contributed by atoms with Crippen LogP contribution < -0.4 is 14.2 Å². The lowest BCUT2D eigenvalue weighted by Crippen LogP contribution is -2.38. The Kier molecular flexibility index (Phi) is 11.0. The van der Waals surface area contributed by atoms with Crippen molar-refractivity contribution in [3.8, 4) is 17.2 Å². The van der Waals surface area contributed by atoms with Crippen LogP contribution in [0.2, 0.25) is 0 Å². The third-order valence-electron chi connectivity index (χ3n) is 4.90. The molecule has 10 heteroatoms. The number of ether oxygens (including phenoxy) is 6. The van der Waals surface area contributed by atoms with Crippen LogP contribution in [0.1, 0.15) is 37.7 Å². The van der Waals surface area contributed by atoms with E-state index >= 15 is 0 Å². The fraction of sp³-hybridized carbons (Fsp3) is 0.440. The van der Waals surface area contributed by atoms with Gasteiger partial charge in [0.25, 0.3) is 0 Å². The first kappa shape index (κ1) is 27.6. The van der Waals surface area contributed by atoms with Crippen molar-refractivity contribution in [3.05, 3.63) is 48.3 Å². The summed E-state index contributed by atoms with van der Waals surface area (Å²) in [6.07, 6.45) is -0.00465. The third kappa shape index (κ3) is 8.56. The fourth-order valence-electron chi connectivity index (χ4n) is 3.04. The fourth-order valence-corrected chi connectivity index (χ4v) is 3.04. The van der Waals surface area contributed by atoms with Crippen LogP contribution in [-0.2, 0) is 23.8 Å². The van der Waals surface area contributed by atoms with Gasteiger partial charge in [-0.2, -0.15) is 0 Å². The highest BCUT2D eigenvalue weighted by molar-refractivity contribution is 5.99. The summed E-state index contributed by atoms with van der Waals surface area (Å²) in [5, 5.41) is 0. The number of Topliss-reactive ketones (excluding diaryl/α,β-unsaturated/α-hetero) is 1. The standard InChI is InChI=1S/C25H31NO9/c1-16(25(29)35-22(14-30-4)17(2)34-19-9-7-6-8-10-19)13-20(28)23-24(33-15-32-18(3)27)21(31-5)11-12-26-23/h6-12,16-17,22H,13-15H2,1-5H3/t16-,17+,22-/m1/s1. The van der Waals surface area contributed by atoms with Crippen molar-refractivity contribution in [1.29, 1.82) is 0 Å². The predicted molar refractivity (Wildman–Crippen MR) is 124 cm³/mol. The van der Waals surface area contributed by atoms with Crippen LogP contribution in [0.5, 0.6) is 17.2 Å². The zero-order valence-electron chi connectivity index (χ0n) is 20.5. The number of pyridine rings is 1. The van der Waals surface area contributed by atoms with Gasteiger partial charge in [-0.3, -0.25) is 14.4 Å². The monoisotopic (exact) mass is 489 g/mol. The lowest BCUT2D eigenvalue weighted by molar-refractivity contribution is -0.161. The van der Waals surface area contributed by atoms with Gasteiger partial charge in [0.2, 0.25) is 6.79 Å². The maximum atomic E-state index is 13.0. The zero-order valence-corrected chi connectivity index (χ0v) is 20.5. The molecule has 3 atom stereocenters. The van der Waals surface area contributed by atoms with E-state index in [4.69, 9.17) is 28.4 Å². The molecule has 2 rings (SSSR count). The molecule has 0 aliphatic carbocycles. The summed E-state index contributed by atoms with van der Waals surface area (Å²) in [5.74, 6) is -1.52. The molecular formula is C25H31NO9. The van der Waals surface area contributed by atoms with Crippen molar-refractivity contribution < 1.29 is 42.8 Å². The molecule has 2 aromatic rings. The maximum absolute atomic E-state index is 13.0. The van der Waals surface area contributed by atoms with E-state index in [-0.39, 0.29) is 30.2 Å². The van der Waals surface area contributed by atoms with E-state index < -0.39 is 42.6 Å². The highest BCUT2D eigenvalue weighted by atomic mass is 16.7. The number of para-hydroxylation sites is 1. The minimum atomic E-state index is -0.792. The lowest BCUT2D eigenvalue weighted by atomic mass is 10.0. The quantitative estimate of drug-likeness (QED) is 0.222. The number of rotatable bonds is 14. The number of esters is 2. The number of benzene rings is 1. The van der Waals surface area contributed by atoms with Gasteiger partial charge in [-0.05, 0) is 19.1 Å². The van der Waals surface area contributed by atoms with E-state index in [9.17, 15) is 14.4 Å². The second kappa shape index (κ2) is 13.9. The number of hydrogen-bond acceptors (Lipinski definition) is 10. The Morgan fingerprint density at radius 3 is 2.37 bits per heavy atom. The van der Waals surface area contributed by atoms with Gasteiger partial charge in [0.05, 0.1) is 19.6 Å². The summed E-state index contributed by atoms with van der Waals surface area (Å²) >= 11 is 0. The summed E-state index contributed by atoms with van der Waals surface area (Å²) in [7, 11) is 2.89. The molecule has 0 unspecified atom stereocenters. The van der Waals surface area contributed by atoms with Gasteiger partial charge in [-0.15, -0.1) is 0 Å². The molecule has 0 N–H and O–H groups in total. The first-order valence-corrected chi connectivity index (χ1v) is 11.0. The number of carbonyl (C=O) groups is 3. The Bertz CT molecular complexity index is 980. The Labute approximate surface area is 204 Å². The number of methoxy groups -OCH3 is 2. The molecule has 35 heavy (non-hydrogen) atoms. The number of aromatic nitrogens is 1. The van der Waals surface area contributed by atoms with Gasteiger partial charge in [0.15, 0.2) is 29.1 Å². The molecule has 1 aromatic heterocycles. The van der Waals surface area contributed by atoms with Crippen molar-refractivity contribution in [3.63, 3.8) is 0 Å². The molecule has 0 radical (unpaired) electrons. The molecule has 0 amide bonds. The summed E-state index contributed by atoms with van der Waals surface area (Å²) in [5.41, 5.74) is -0.0506. The van der Waals surface area contributed by atoms with Crippen LogP contribution in [0.3, 0.4) is 0 Å². The Morgan fingerprint density at radius 1 is 1.03 bits per heavy atom. The molecule has 0 aliphatic rings. The first-order chi connectivity index (χ1) is 16.8. The van der Waals surface area contributed by atoms with E-state index in [0.29, 0.717) is 5.75 Å². The smallest absolute Gasteiger partial charge is 0.309 e. The van der Waals surface area contributed by atoms with Crippen LogP contribution in [0.4, 0.5) is 0 Å². The summed E-state index contributed by atoms with van der Waals surface area (Å²) in [6, 6.07) is 10.6. The second-order valence-electron chi connectivity index (χ2n) is 7.68. The van der Waals surface area contributed by atoms with Crippen LogP contribution in [0.25, 0.3) is 0 Å². The highest BCUT2D eigenvalue weighted by Crippen LogP contribution is 2.31. The van der Waals surface area contributed by atoms with E-state index in [0.717, 1.165) is 0 Å². The summed E-state index contributed by atoms with van der Waals surface area (Å²) in [4.78, 5) is 40.9. The van der Waals surface area contributed by atoms with E-state index in [2.05, 4.69) is 4.98 Å². The minimum absolute atomic E-state index is 0.0176. The number of carbonyl (C=O) groups excluding carboxylic acids is 3. The number of hydrogen-bond donors (Lipinski definition) is 0. The minimum Gasteiger partial charge on any atom is -0.493 e. The molecule has 0 aliphatic heterocycles. The van der Waals surface area contributed by atoms with E-state index in [1.54, 1.807) is 26.0 Å². The molecule has 1 heterocycles. The van der Waals surface area contributed by atoms with E-state index in [1.165, 1.54) is 33.4 Å². The van der Waals surface area contributed by atoms with E-state index in [1.807, 2.05) is 18.2 Å². The number of ketones is 1. The van der Waals surface area contributed by atoms with Crippen LogP contribution >= 0.6 is 0 Å². The third-order valence-corrected chi connectivity index (χ3v) is 4.90. The van der Waals surface area contributed by atoms with Crippen LogP contribution in [0, 0.1) is 5.92 Å². The molecule has 0 fully saturated rings. The summed E-state index contributed by atoms with van der Waals surface area (Å²) < 4.78 is 32.1. The molecule has 0 spiro atoms. The maximum Gasteiger partial charge on any atom is 0.309 e. The molecule has 0 saturated carbocycles. The van der Waals surface area contributed by atoms with Crippen molar-refractivity contribution >= 4 is 17.7 Å². The first-order valence-electron chi connectivity index (χ1n) is 11.0. The molecule has 10 nitrogen and oxygen atoms in total. The van der Waals surface area contributed by atoms with Gasteiger partial charge in [-0.25, -0.2) is 4.98 Å². The number of nitrogens with zero attached hydrogens (tertiary/aromatic N) is 1. The lowest BCUT2D eigenvalue weighted by Gasteiger charge is -2.25. The SMILES string of the molecule is COC[C@@H](OC(=O)[C@H](C)CC(=O)c1nccc(OC)c1OCOC(C)=O)[C@H](C)Oc1ccccc1. The van der Waals surface area contributed by atoms with Crippen molar-refractivity contribution in [2.75, 3.05) is 27.6 Å². The van der Waals surface area contributed by atoms with Gasteiger partial charge < -0.3 is 28.4 Å².